The van der Waals surface area contributed by atoms with E-state index in [2.05, 4.69) is 4.98 Å². The number of anilines is 1. The quantitative estimate of drug-likeness (QED) is 0.442. The highest BCUT2D eigenvalue weighted by Crippen LogP contribution is 2.31. The van der Waals surface area contributed by atoms with Crippen molar-refractivity contribution in [1.29, 1.82) is 0 Å². The fourth-order valence-corrected chi connectivity index (χ4v) is 3.76. The number of halogens is 1. The topological polar surface area (TPSA) is 79.6 Å². The minimum absolute atomic E-state index is 0.158. The highest BCUT2D eigenvalue weighted by atomic mass is 32.1. The molecule has 0 aliphatic heterocycles. The summed E-state index contributed by atoms with van der Waals surface area (Å²) in [7, 11) is 3.86. The molecule has 0 saturated carbocycles. The summed E-state index contributed by atoms with van der Waals surface area (Å²) >= 11 is 1.22. The molecule has 0 atom stereocenters. The first-order valence-corrected chi connectivity index (χ1v) is 9.44. The zero-order valence-corrected chi connectivity index (χ0v) is 16.3. The summed E-state index contributed by atoms with van der Waals surface area (Å²) in [5.41, 5.74) is 0.250. The molecule has 9 heteroatoms. The molecule has 0 aliphatic carbocycles. The Labute approximate surface area is 165 Å². The van der Waals surface area contributed by atoms with E-state index < -0.39 is 16.6 Å². The number of benzene rings is 2. The lowest BCUT2D eigenvalue weighted by atomic mass is 10.1. The normalized spacial score (nSPS) is 11.1. The second kappa shape index (κ2) is 8.41. The van der Waals surface area contributed by atoms with E-state index in [9.17, 15) is 19.3 Å². The van der Waals surface area contributed by atoms with Crippen LogP contribution in [0.2, 0.25) is 0 Å². The number of thiazole rings is 1. The molecule has 146 valence electrons. The molecule has 0 aliphatic rings. The van der Waals surface area contributed by atoms with Crippen LogP contribution in [-0.4, -0.2) is 47.9 Å². The number of nitro benzene ring substituents is 1. The Hall–Kier alpha value is -2.91. The Morgan fingerprint density at radius 2 is 1.96 bits per heavy atom. The number of hydrogen-bond acceptors (Lipinski definition) is 6. The zero-order chi connectivity index (χ0) is 20.3. The molecule has 0 radical (unpaired) electrons. The summed E-state index contributed by atoms with van der Waals surface area (Å²) in [6.07, 6.45) is 0.673. The van der Waals surface area contributed by atoms with Crippen molar-refractivity contribution in [2.45, 2.75) is 6.42 Å². The van der Waals surface area contributed by atoms with Gasteiger partial charge in [-0.2, -0.15) is 0 Å². The fraction of sp³-hybridized carbons (Fsp3) is 0.263. The van der Waals surface area contributed by atoms with Gasteiger partial charge < -0.3 is 4.90 Å². The van der Waals surface area contributed by atoms with Crippen molar-refractivity contribution in [3.05, 3.63) is 64.0 Å². The van der Waals surface area contributed by atoms with Crippen molar-refractivity contribution in [2.75, 3.05) is 32.1 Å². The van der Waals surface area contributed by atoms with Crippen molar-refractivity contribution in [3.8, 4) is 0 Å². The number of nitrogens with zero attached hydrogens (tertiary/aromatic N) is 4. The van der Waals surface area contributed by atoms with E-state index in [1.165, 1.54) is 46.6 Å². The molecule has 0 N–H and O–H groups in total. The van der Waals surface area contributed by atoms with Gasteiger partial charge in [0.2, 0.25) is 0 Å². The number of carbonyl (C=O) groups excluding carboxylic acids is 1. The number of amides is 1. The lowest BCUT2D eigenvalue weighted by molar-refractivity contribution is -0.384. The van der Waals surface area contributed by atoms with E-state index in [1.807, 2.05) is 19.0 Å². The molecule has 3 rings (SSSR count). The molecule has 1 aromatic heterocycles. The fourth-order valence-electron chi connectivity index (χ4n) is 2.76. The molecular formula is C19H19FN4O3S. The van der Waals surface area contributed by atoms with E-state index in [-0.39, 0.29) is 16.8 Å². The standard InChI is InChI=1S/C19H19FN4O3S/c1-22(2)10-5-11-23(18(25)13-6-3-7-14(12-13)24(26)27)19-21-17-15(20)8-4-9-16(17)28-19/h3-4,6-9,12H,5,10-11H2,1-2H3. The van der Waals surface area contributed by atoms with Gasteiger partial charge in [0.15, 0.2) is 5.13 Å². The Morgan fingerprint density at radius 1 is 1.21 bits per heavy atom. The number of nitro groups is 1. The van der Waals surface area contributed by atoms with Crippen LogP contribution in [0.5, 0.6) is 0 Å². The van der Waals surface area contributed by atoms with Crippen LogP contribution in [0.15, 0.2) is 42.5 Å². The van der Waals surface area contributed by atoms with Gasteiger partial charge >= 0.3 is 0 Å². The van der Waals surface area contributed by atoms with Gasteiger partial charge in [-0.1, -0.05) is 23.5 Å². The maximum atomic E-state index is 14.0. The number of para-hydroxylation sites is 1. The predicted octanol–water partition coefficient (Wildman–Crippen LogP) is 3.94. The number of rotatable bonds is 7. The van der Waals surface area contributed by atoms with E-state index in [0.29, 0.717) is 22.8 Å². The number of hydrogen-bond donors (Lipinski definition) is 0. The molecular weight excluding hydrogens is 383 g/mol. The van der Waals surface area contributed by atoms with Gasteiger partial charge in [-0.05, 0) is 45.3 Å². The van der Waals surface area contributed by atoms with Crippen molar-refractivity contribution in [3.63, 3.8) is 0 Å². The van der Waals surface area contributed by atoms with Crippen molar-refractivity contribution in [2.24, 2.45) is 0 Å². The average Bonchev–Trinajstić information content (AvgIpc) is 3.10. The first-order valence-electron chi connectivity index (χ1n) is 8.63. The largest absolute Gasteiger partial charge is 0.309 e. The van der Waals surface area contributed by atoms with Crippen LogP contribution >= 0.6 is 11.3 Å². The maximum Gasteiger partial charge on any atom is 0.270 e. The minimum Gasteiger partial charge on any atom is -0.309 e. The number of fused-ring (bicyclic) bond motifs is 1. The average molecular weight is 402 g/mol. The molecule has 2 aromatic carbocycles. The maximum absolute atomic E-state index is 14.0. The van der Waals surface area contributed by atoms with Crippen molar-refractivity contribution in [1.82, 2.24) is 9.88 Å². The summed E-state index contributed by atoms with van der Waals surface area (Å²) < 4.78 is 14.7. The Bertz CT molecular complexity index is 1020. The third-order valence-corrected chi connectivity index (χ3v) is 5.17. The number of carbonyl (C=O) groups is 1. The third-order valence-electron chi connectivity index (χ3n) is 4.13. The molecule has 0 spiro atoms. The van der Waals surface area contributed by atoms with Gasteiger partial charge in [-0.25, -0.2) is 9.37 Å². The Kier molecular flexibility index (Phi) is 5.96. The Balaban J connectivity index is 1.97. The van der Waals surface area contributed by atoms with Crippen molar-refractivity contribution >= 4 is 38.3 Å². The summed E-state index contributed by atoms with van der Waals surface area (Å²) in [6, 6.07) is 10.2. The molecule has 1 heterocycles. The SMILES string of the molecule is CN(C)CCCN(C(=O)c1cccc([N+](=O)[O-])c1)c1nc2c(F)cccc2s1. The predicted molar refractivity (Wildman–Crippen MR) is 108 cm³/mol. The van der Waals surface area contributed by atoms with Crippen LogP contribution in [0.1, 0.15) is 16.8 Å². The zero-order valence-electron chi connectivity index (χ0n) is 15.5. The van der Waals surface area contributed by atoms with Gasteiger partial charge in [0.25, 0.3) is 11.6 Å². The monoisotopic (exact) mass is 402 g/mol. The lowest BCUT2D eigenvalue weighted by Crippen LogP contribution is -2.33. The van der Waals surface area contributed by atoms with Crippen LogP contribution in [-0.2, 0) is 0 Å². The lowest BCUT2D eigenvalue weighted by Gasteiger charge is -2.21. The van der Waals surface area contributed by atoms with Crippen LogP contribution in [0.25, 0.3) is 10.2 Å². The van der Waals surface area contributed by atoms with E-state index in [1.54, 1.807) is 12.1 Å². The highest BCUT2D eigenvalue weighted by molar-refractivity contribution is 7.22. The van der Waals surface area contributed by atoms with E-state index in [0.717, 1.165) is 6.54 Å². The summed E-state index contributed by atoms with van der Waals surface area (Å²) in [5.74, 6) is -0.849. The van der Waals surface area contributed by atoms with Crippen LogP contribution in [0.4, 0.5) is 15.2 Å². The van der Waals surface area contributed by atoms with Gasteiger partial charge in [-0.15, -0.1) is 0 Å². The highest BCUT2D eigenvalue weighted by Gasteiger charge is 2.23. The van der Waals surface area contributed by atoms with Gasteiger partial charge in [0.1, 0.15) is 11.3 Å². The molecule has 0 fully saturated rings. The molecule has 1 amide bonds. The summed E-state index contributed by atoms with van der Waals surface area (Å²) in [5, 5.41) is 11.4. The van der Waals surface area contributed by atoms with Crippen LogP contribution in [0.3, 0.4) is 0 Å². The Morgan fingerprint density at radius 3 is 2.64 bits per heavy atom. The van der Waals surface area contributed by atoms with E-state index in [4.69, 9.17) is 0 Å². The second-order valence-electron chi connectivity index (χ2n) is 6.50. The van der Waals surface area contributed by atoms with Gasteiger partial charge in [-0.3, -0.25) is 19.8 Å². The van der Waals surface area contributed by atoms with Crippen LogP contribution < -0.4 is 4.90 Å². The number of non-ortho nitro benzene ring substituents is 1. The summed E-state index contributed by atoms with van der Waals surface area (Å²) in [6.45, 7) is 1.11. The molecule has 28 heavy (non-hydrogen) atoms. The minimum atomic E-state index is -0.541. The number of aromatic nitrogens is 1. The van der Waals surface area contributed by atoms with E-state index >= 15 is 0 Å². The first-order chi connectivity index (χ1) is 13.4. The summed E-state index contributed by atoms with van der Waals surface area (Å²) in [4.78, 5) is 31.4. The second-order valence-corrected chi connectivity index (χ2v) is 7.51. The third kappa shape index (κ3) is 4.32. The molecule has 3 aromatic rings. The molecule has 0 saturated heterocycles. The first kappa shape index (κ1) is 19.8. The van der Waals surface area contributed by atoms with Gasteiger partial charge in [0, 0.05) is 24.2 Å². The smallest absolute Gasteiger partial charge is 0.270 e. The van der Waals surface area contributed by atoms with Crippen molar-refractivity contribution < 1.29 is 14.1 Å². The van der Waals surface area contributed by atoms with Crippen LogP contribution in [0, 0.1) is 15.9 Å². The molecule has 0 unspecified atom stereocenters. The van der Waals surface area contributed by atoms with Gasteiger partial charge in [0.05, 0.1) is 9.62 Å². The molecule has 7 nitrogen and oxygen atoms in total. The molecule has 0 bridgehead atoms.